The number of carbonyl (C=O) groups excluding carboxylic acids is 2. The fourth-order valence-corrected chi connectivity index (χ4v) is 4.64. The monoisotopic (exact) mass is 398 g/mol. The van der Waals surface area contributed by atoms with Gasteiger partial charge in [-0.05, 0) is 18.9 Å². The van der Waals surface area contributed by atoms with E-state index in [1.54, 1.807) is 34.4 Å². The smallest absolute Gasteiger partial charge is 0.251 e. The predicted molar refractivity (Wildman–Crippen MR) is 105 cm³/mol. The SMILES string of the molecule is CCc1cc(CN(C)C(=O)[C@H]2[C@H]3C[C@H](CN(C(C)=O)C3)c3cccc(=O)n32)on1. The molecular weight excluding hydrogens is 372 g/mol. The molecule has 3 atom stereocenters. The summed E-state index contributed by atoms with van der Waals surface area (Å²) in [6.45, 7) is 4.90. The van der Waals surface area contributed by atoms with Crippen molar-refractivity contribution < 1.29 is 14.1 Å². The molecular formula is C21H26N4O4. The van der Waals surface area contributed by atoms with Crippen LogP contribution < -0.4 is 5.56 Å². The number of aromatic nitrogens is 2. The molecule has 0 aromatic carbocycles. The van der Waals surface area contributed by atoms with Crippen molar-refractivity contribution in [2.45, 2.75) is 45.2 Å². The molecule has 0 radical (unpaired) electrons. The van der Waals surface area contributed by atoms with Crippen LogP contribution in [0.3, 0.4) is 0 Å². The second-order valence-electron chi connectivity index (χ2n) is 8.05. The van der Waals surface area contributed by atoms with Gasteiger partial charge in [-0.3, -0.25) is 19.0 Å². The lowest BCUT2D eigenvalue weighted by atomic mass is 9.78. The Morgan fingerprint density at radius 1 is 1.31 bits per heavy atom. The highest BCUT2D eigenvalue weighted by molar-refractivity contribution is 5.81. The van der Waals surface area contributed by atoms with Crippen LogP contribution in [-0.2, 0) is 22.6 Å². The number of aryl methyl sites for hydroxylation is 1. The standard InChI is InChI=1S/C21H26N4O4/c1-4-16-9-17(29-22-16)12-23(3)21(28)20-15-8-14(10-24(11-15)13(2)26)18-6-5-7-19(27)25(18)20/h5-7,9,14-15,20H,4,8,10-12H2,1-3H3/t14-,15+,20-/m1/s1. The zero-order valence-corrected chi connectivity index (χ0v) is 17.0. The predicted octanol–water partition coefficient (Wildman–Crippen LogP) is 1.56. The Balaban J connectivity index is 1.67. The zero-order chi connectivity index (χ0) is 20.7. The zero-order valence-electron chi connectivity index (χ0n) is 17.0. The van der Waals surface area contributed by atoms with Crippen molar-refractivity contribution in [3.05, 3.63) is 51.8 Å². The van der Waals surface area contributed by atoms with Gasteiger partial charge in [-0.15, -0.1) is 0 Å². The van der Waals surface area contributed by atoms with Crippen LogP contribution in [-0.4, -0.2) is 51.5 Å². The minimum absolute atomic E-state index is 0.000244. The first-order chi connectivity index (χ1) is 13.9. The summed E-state index contributed by atoms with van der Waals surface area (Å²) in [6, 6.07) is 6.34. The van der Waals surface area contributed by atoms with Gasteiger partial charge in [0.05, 0.1) is 12.2 Å². The van der Waals surface area contributed by atoms with E-state index in [0.717, 1.165) is 24.2 Å². The number of piperidine rings is 1. The Morgan fingerprint density at radius 3 is 2.79 bits per heavy atom. The van der Waals surface area contributed by atoms with Gasteiger partial charge in [-0.25, -0.2) is 0 Å². The Kier molecular flexibility index (Phi) is 5.02. The van der Waals surface area contributed by atoms with Crippen molar-refractivity contribution in [2.75, 3.05) is 20.1 Å². The fraction of sp³-hybridized carbons (Fsp3) is 0.524. The summed E-state index contributed by atoms with van der Waals surface area (Å²) >= 11 is 0. The van der Waals surface area contributed by atoms with E-state index in [4.69, 9.17) is 4.52 Å². The molecule has 0 spiro atoms. The Bertz CT molecular complexity index is 995. The van der Waals surface area contributed by atoms with E-state index in [0.29, 0.717) is 18.8 Å². The molecule has 2 bridgehead atoms. The van der Waals surface area contributed by atoms with Crippen molar-refractivity contribution in [2.24, 2.45) is 5.92 Å². The molecule has 0 unspecified atom stereocenters. The number of hydrogen-bond acceptors (Lipinski definition) is 5. The number of carbonyl (C=O) groups is 2. The molecule has 0 aliphatic carbocycles. The van der Waals surface area contributed by atoms with Crippen LogP contribution in [0.15, 0.2) is 33.6 Å². The van der Waals surface area contributed by atoms with Gasteiger partial charge in [-0.2, -0.15) is 0 Å². The third-order valence-corrected chi connectivity index (χ3v) is 6.08. The number of amides is 2. The number of nitrogens with zero attached hydrogens (tertiary/aromatic N) is 4. The topological polar surface area (TPSA) is 88.7 Å². The van der Waals surface area contributed by atoms with E-state index in [1.807, 2.05) is 19.1 Å². The van der Waals surface area contributed by atoms with Crippen molar-refractivity contribution in [1.29, 1.82) is 0 Å². The van der Waals surface area contributed by atoms with Gasteiger partial charge >= 0.3 is 0 Å². The average Bonchev–Trinajstić information content (AvgIpc) is 3.16. The molecule has 2 aromatic rings. The van der Waals surface area contributed by atoms with Gasteiger partial charge in [0.15, 0.2) is 5.76 Å². The number of likely N-dealkylation sites (N-methyl/N-ethyl adjacent to an activating group) is 1. The Morgan fingerprint density at radius 2 is 2.10 bits per heavy atom. The van der Waals surface area contributed by atoms with E-state index >= 15 is 0 Å². The van der Waals surface area contributed by atoms with E-state index in [-0.39, 0.29) is 35.8 Å². The maximum absolute atomic E-state index is 13.5. The Labute approximate surface area is 169 Å². The summed E-state index contributed by atoms with van der Waals surface area (Å²) in [5.74, 6) is 0.437. The molecule has 8 heteroatoms. The minimum atomic E-state index is -0.629. The number of pyridine rings is 1. The summed E-state index contributed by atoms with van der Waals surface area (Å²) in [6.07, 6.45) is 1.55. The first kappa shape index (κ1) is 19.4. The summed E-state index contributed by atoms with van der Waals surface area (Å²) in [5, 5.41) is 3.98. The molecule has 2 aliphatic rings. The van der Waals surface area contributed by atoms with Crippen LogP contribution >= 0.6 is 0 Å². The lowest BCUT2D eigenvalue weighted by Crippen LogP contribution is -2.54. The number of fused-ring (bicyclic) bond motifs is 4. The normalized spacial score (nSPS) is 22.9. The Hall–Kier alpha value is -2.90. The molecule has 29 heavy (non-hydrogen) atoms. The van der Waals surface area contributed by atoms with E-state index in [9.17, 15) is 14.4 Å². The van der Waals surface area contributed by atoms with Crippen molar-refractivity contribution in [1.82, 2.24) is 19.5 Å². The van der Waals surface area contributed by atoms with Crippen LogP contribution in [0.2, 0.25) is 0 Å². The molecule has 4 rings (SSSR count). The molecule has 2 aliphatic heterocycles. The van der Waals surface area contributed by atoms with Crippen LogP contribution in [0.1, 0.15) is 49.4 Å². The lowest BCUT2D eigenvalue weighted by Gasteiger charge is -2.46. The molecule has 2 aromatic heterocycles. The second-order valence-corrected chi connectivity index (χ2v) is 8.05. The molecule has 4 heterocycles. The van der Waals surface area contributed by atoms with Crippen molar-refractivity contribution in [3.63, 3.8) is 0 Å². The molecule has 0 N–H and O–H groups in total. The minimum Gasteiger partial charge on any atom is -0.359 e. The summed E-state index contributed by atoms with van der Waals surface area (Å²) in [5.41, 5.74) is 1.50. The summed E-state index contributed by atoms with van der Waals surface area (Å²) in [4.78, 5) is 41.6. The van der Waals surface area contributed by atoms with Crippen molar-refractivity contribution >= 4 is 11.8 Å². The summed E-state index contributed by atoms with van der Waals surface area (Å²) < 4.78 is 6.97. The maximum Gasteiger partial charge on any atom is 0.251 e. The molecule has 0 saturated carbocycles. The molecule has 1 fully saturated rings. The van der Waals surface area contributed by atoms with Gasteiger partial charge < -0.3 is 14.3 Å². The average molecular weight is 398 g/mol. The molecule has 154 valence electrons. The summed E-state index contributed by atoms with van der Waals surface area (Å²) in [7, 11) is 1.71. The fourth-order valence-electron chi connectivity index (χ4n) is 4.64. The van der Waals surface area contributed by atoms with Crippen LogP contribution in [0.25, 0.3) is 0 Å². The molecule has 2 amide bonds. The second kappa shape index (κ2) is 7.50. The lowest BCUT2D eigenvalue weighted by molar-refractivity contribution is -0.141. The number of likely N-dealkylation sites (tertiary alicyclic amines) is 1. The van der Waals surface area contributed by atoms with Gasteiger partial charge in [0, 0.05) is 56.7 Å². The first-order valence-corrected chi connectivity index (χ1v) is 10.1. The highest BCUT2D eigenvalue weighted by Gasteiger charge is 2.45. The van der Waals surface area contributed by atoms with E-state index < -0.39 is 6.04 Å². The molecule has 1 saturated heterocycles. The van der Waals surface area contributed by atoms with Crippen LogP contribution in [0, 0.1) is 5.92 Å². The highest BCUT2D eigenvalue weighted by Crippen LogP contribution is 2.41. The van der Waals surface area contributed by atoms with E-state index in [1.165, 1.54) is 6.07 Å². The van der Waals surface area contributed by atoms with Crippen molar-refractivity contribution in [3.8, 4) is 0 Å². The number of rotatable bonds is 4. The number of hydrogen-bond donors (Lipinski definition) is 0. The van der Waals surface area contributed by atoms with Gasteiger partial charge in [0.1, 0.15) is 6.04 Å². The van der Waals surface area contributed by atoms with E-state index in [2.05, 4.69) is 5.16 Å². The largest absolute Gasteiger partial charge is 0.359 e. The van der Waals surface area contributed by atoms with Crippen LogP contribution in [0.5, 0.6) is 0 Å². The van der Waals surface area contributed by atoms with Gasteiger partial charge in [-0.1, -0.05) is 18.1 Å². The third kappa shape index (κ3) is 3.47. The van der Waals surface area contributed by atoms with Gasteiger partial charge in [0.2, 0.25) is 11.8 Å². The third-order valence-electron chi connectivity index (χ3n) is 6.08. The molecule has 8 nitrogen and oxygen atoms in total. The van der Waals surface area contributed by atoms with Gasteiger partial charge in [0.25, 0.3) is 5.56 Å². The first-order valence-electron chi connectivity index (χ1n) is 10.1. The maximum atomic E-state index is 13.5. The quantitative estimate of drug-likeness (QED) is 0.780. The highest BCUT2D eigenvalue weighted by atomic mass is 16.5. The van der Waals surface area contributed by atoms with Crippen LogP contribution in [0.4, 0.5) is 0 Å².